The van der Waals surface area contributed by atoms with Crippen molar-refractivity contribution in [1.82, 2.24) is 10.6 Å². The molecule has 1 saturated heterocycles. The van der Waals surface area contributed by atoms with Crippen LogP contribution in [0, 0.1) is 17.6 Å². The molecule has 2 rings (SSSR count). The molecule has 19 heavy (non-hydrogen) atoms. The van der Waals surface area contributed by atoms with Gasteiger partial charge in [0, 0.05) is 0 Å². The molecule has 2 N–H and O–H groups in total. The number of rotatable bonds is 3. The first-order chi connectivity index (χ1) is 8.99. The zero-order valence-electron chi connectivity index (χ0n) is 11.0. The molecule has 5 heteroatoms. The second kappa shape index (κ2) is 5.65. The number of carbonyl (C=O) groups excluding carboxylic acids is 1. The normalized spacial score (nSPS) is 24.2. The van der Waals surface area contributed by atoms with Crippen LogP contribution in [0.25, 0.3) is 0 Å². The van der Waals surface area contributed by atoms with Gasteiger partial charge in [-0.05, 0) is 43.5 Å². The van der Waals surface area contributed by atoms with Crippen molar-refractivity contribution in [3.05, 3.63) is 35.4 Å². The second-order valence-corrected chi connectivity index (χ2v) is 5.10. The van der Waals surface area contributed by atoms with Crippen molar-refractivity contribution in [2.24, 2.45) is 5.92 Å². The maximum absolute atomic E-state index is 13.1. The highest BCUT2D eigenvalue weighted by molar-refractivity contribution is 5.82. The van der Waals surface area contributed by atoms with Crippen molar-refractivity contribution in [2.75, 3.05) is 6.54 Å². The summed E-state index contributed by atoms with van der Waals surface area (Å²) in [5, 5.41) is 5.96. The minimum Gasteiger partial charge on any atom is -0.348 e. The van der Waals surface area contributed by atoms with Crippen LogP contribution in [0.2, 0.25) is 0 Å². The number of halogens is 2. The van der Waals surface area contributed by atoms with Gasteiger partial charge in [0.05, 0.1) is 12.1 Å². The zero-order valence-corrected chi connectivity index (χ0v) is 11.0. The summed E-state index contributed by atoms with van der Waals surface area (Å²) in [5.74, 6) is -1.58. The molecule has 1 aromatic rings. The van der Waals surface area contributed by atoms with Crippen LogP contribution in [-0.4, -0.2) is 18.5 Å². The van der Waals surface area contributed by atoms with Crippen molar-refractivity contribution in [3.8, 4) is 0 Å². The fourth-order valence-corrected chi connectivity index (χ4v) is 2.35. The maximum Gasteiger partial charge on any atom is 0.237 e. The van der Waals surface area contributed by atoms with E-state index in [1.54, 1.807) is 6.92 Å². The van der Waals surface area contributed by atoms with Crippen LogP contribution in [0.1, 0.15) is 31.9 Å². The summed E-state index contributed by atoms with van der Waals surface area (Å²) in [6.07, 6.45) is 0.970. The van der Waals surface area contributed by atoms with Gasteiger partial charge < -0.3 is 10.6 Å². The zero-order chi connectivity index (χ0) is 14.0. The van der Waals surface area contributed by atoms with Crippen LogP contribution in [0.4, 0.5) is 8.78 Å². The lowest BCUT2D eigenvalue weighted by molar-refractivity contribution is -0.124. The van der Waals surface area contributed by atoms with Gasteiger partial charge in [-0.3, -0.25) is 4.79 Å². The molecule has 0 aliphatic carbocycles. The number of carbonyl (C=O) groups is 1. The Labute approximate surface area is 111 Å². The predicted molar refractivity (Wildman–Crippen MR) is 68.5 cm³/mol. The summed E-state index contributed by atoms with van der Waals surface area (Å²) in [7, 11) is 0. The average Bonchev–Trinajstić information content (AvgIpc) is 2.79. The van der Waals surface area contributed by atoms with E-state index in [0.717, 1.165) is 25.1 Å². The number of benzene rings is 1. The highest BCUT2D eigenvalue weighted by atomic mass is 19.2. The number of hydrogen-bond acceptors (Lipinski definition) is 2. The van der Waals surface area contributed by atoms with Crippen LogP contribution >= 0.6 is 0 Å². The van der Waals surface area contributed by atoms with E-state index in [-0.39, 0.29) is 23.9 Å². The molecular weight excluding hydrogens is 250 g/mol. The fourth-order valence-electron chi connectivity index (χ4n) is 2.35. The number of hydrogen-bond donors (Lipinski definition) is 2. The Hall–Kier alpha value is -1.49. The SMILES string of the molecule is CC(NC(=O)C1NCCC1C)c1ccc(F)c(F)c1. The summed E-state index contributed by atoms with van der Waals surface area (Å²) in [4.78, 5) is 12.0. The van der Waals surface area contributed by atoms with E-state index in [1.165, 1.54) is 6.07 Å². The fraction of sp³-hybridized carbons (Fsp3) is 0.500. The molecule has 0 saturated carbocycles. The highest BCUT2D eigenvalue weighted by Gasteiger charge is 2.29. The molecule has 0 bridgehead atoms. The van der Waals surface area contributed by atoms with E-state index in [0.29, 0.717) is 5.56 Å². The van der Waals surface area contributed by atoms with Crippen molar-refractivity contribution >= 4 is 5.91 Å². The van der Waals surface area contributed by atoms with Gasteiger partial charge in [-0.1, -0.05) is 13.0 Å². The Bertz CT molecular complexity index is 479. The molecule has 0 aromatic heterocycles. The molecule has 3 unspecified atom stereocenters. The molecule has 0 spiro atoms. The standard InChI is InChI=1S/C14H18F2N2O/c1-8-5-6-17-13(8)14(19)18-9(2)10-3-4-11(15)12(16)7-10/h3-4,7-9,13,17H,5-6H2,1-2H3,(H,18,19). The second-order valence-electron chi connectivity index (χ2n) is 5.10. The molecular formula is C14H18F2N2O. The summed E-state index contributed by atoms with van der Waals surface area (Å²) in [6.45, 7) is 4.61. The van der Waals surface area contributed by atoms with E-state index >= 15 is 0 Å². The van der Waals surface area contributed by atoms with Crippen LogP contribution in [0.5, 0.6) is 0 Å². The van der Waals surface area contributed by atoms with Gasteiger partial charge >= 0.3 is 0 Å². The molecule has 3 nitrogen and oxygen atoms in total. The molecule has 3 atom stereocenters. The molecule has 1 aliphatic heterocycles. The van der Waals surface area contributed by atoms with E-state index in [4.69, 9.17) is 0 Å². The van der Waals surface area contributed by atoms with Gasteiger partial charge in [-0.15, -0.1) is 0 Å². The Morgan fingerprint density at radius 3 is 2.74 bits per heavy atom. The van der Waals surface area contributed by atoms with E-state index in [1.807, 2.05) is 6.92 Å². The molecule has 1 amide bonds. The van der Waals surface area contributed by atoms with Gasteiger partial charge in [-0.25, -0.2) is 8.78 Å². The number of amides is 1. The summed E-state index contributed by atoms with van der Waals surface area (Å²) in [5.41, 5.74) is 0.554. The average molecular weight is 268 g/mol. The third-order valence-electron chi connectivity index (χ3n) is 3.62. The smallest absolute Gasteiger partial charge is 0.237 e. The Morgan fingerprint density at radius 2 is 2.16 bits per heavy atom. The summed E-state index contributed by atoms with van der Waals surface area (Å²) >= 11 is 0. The topological polar surface area (TPSA) is 41.1 Å². The Morgan fingerprint density at radius 1 is 1.42 bits per heavy atom. The van der Waals surface area contributed by atoms with Gasteiger partial charge in [0.15, 0.2) is 11.6 Å². The van der Waals surface area contributed by atoms with Crippen molar-refractivity contribution in [1.29, 1.82) is 0 Å². The monoisotopic (exact) mass is 268 g/mol. The molecule has 1 fully saturated rings. The third kappa shape index (κ3) is 3.10. The van der Waals surface area contributed by atoms with Gasteiger partial charge in [0.1, 0.15) is 0 Å². The lowest BCUT2D eigenvalue weighted by atomic mass is 10.0. The molecule has 104 valence electrons. The minimum absolute atomic E-state index is 0.0952. The molecule has 1 heterocycles. The van der Waals surface area contributed by atoms with E-state index in [9.17, 15) is 13.6 Å². The Kier molecular flexibility index (Phi) is 4.14. The maximum atomic E-state index is 13.1. The van der Waals surface area contributed by atoms with E-state index in [2.05, 4.69) is 10.6 Å². The molecule has 1 aromatic carbocycles. The summed E-state index contributed by atoms with van der Waals surface area (Å²) in [6, 6.07) is 3.12. The van der Waals surface area contributed by atoms with Gasteiger partial charge in [0.2, 0.25) is 5.91 Å². The number of nitrogens with one attached hydrogen (secondary N) is 2. The Balaban J connectivity index is 2.02. The highest BCUT2D eigenvalue weighted by Crippen LogP contribution is 2.18. The van der Waals surface area contributed by atoms with Gasteiger partial charge in [0.25, 0.3) is 0 Å². The summed E-state index contributed by atoms with van der Waals surface area (Å²) < 4.78 is 26.0. The molecule has 1 aliphatic rings. The lowest BCUT2D eigenvalue weighted by Crippen LogP contribution is -2.44. The third-order valence-corrected chi connectivity index (χ3v) is 3.62. The van der Waals surface area contributed by atoms with Crippen molar-refractivity contribution < 1.29 is 13.6 Å². The lowest BCUT2D eigenvalue weighted by Gasteiger charge is -2.20. The molecule has 0 radical (unpaired) electrons. The quantitative estimate of drug-likeness (QED) is 0.882. The van der Waals surface area contributed by atoms with Crippen molar-refractivity contribution in [2.45, 2.75) is 32.4 Å². The van der Waals surface area contributed by atoms with Crippen LogP contribution in [-0.2, 0) is 4.79 Å². The van der Waals surface area contributed by atoms with Crippen LogP contribution in [0.3, 0.4) is 0 Å². The largest absolute Gasteiger partial charge is 0.348 e. The first-order valence-electron chi connectivity index (χ1n) is 6.47. The first-order valence-corrected chi connectivity index (χ1v) is 6.47. The van der Waals surface area contributed by atoms with Crippen molar-refractivity contribution in [3.63, 3.8) is 0 Å². The van der Waals surface area contributed by atoms with Crippen LogP contribution in [0.15, 0.2) is 18.2 Å². The first kappa shape index (κ1) is 13.9. The minimum atomic E-state index is -0.897. The van der Waals surface area contributed by atoms with Gasteiger partial charge in [-0.2, -0.15) is 0 Å². The van der Waals surface area contributed by atoms with E-state index < -0.39 is 11.6 Å². The predicted octanol–water partition coefficient (Wildman–Crippen LogP) is 2.14. The van der Waals surface area contributed by atoms with Crippen LogP contribution < -0.4 is 10.6 Å².